The molecule has 0 bridgehead atoms. The first-order valence-corrected chi connectivity index (χ1v) is 8.96. The molecule has 2 rings (SSSR count). The lowest BCUT2D eigenvalue weighted by Gasteiger charge is -2.15. The quantitative estimate of drug-likeness (QED) is 0.763. The highest BCUT2D eigenvalue weighted by atomic mass is 32.2. The molecular formula is C17H15F2NO5S. The summed E-state index contributed by atoms with van der Waals surface area (Å²) in [4.78, 5) is 22.9. The third-order valence-corrected chi connectivity index (χ3v) is 4.96. The summed E-state index contributed by atoms with van der Waals surface area (Å²) in [6, 6.07) is 11.3. The minimum Gasteiger partial charge on any atom is -0.480 e. The van der Waals surface area contributed by atoms with Gasteiger partial charge in [0.25, 0.3) is 5.91 Å². The average Bonchev–Trinajstić information content (AvgIpc) is 2.61. The summed E-state index contributed by atoms with van der Waals surface area (Å²) < 4.78 is 47.7. The van der Waals surface area contributed by atoms with Gasteiger partial charge in [0.05, 0.1) is 4.90 Å². The topological polar surface area (TPSA) is 101 Å². The van der Waals surface area contributed by atoms with E-state index in [1.54, 1.807) is 30.3 Å². The van der Waals surface area contributed by atoms with E-state index in [4.69, 9.17) is 0 Å². The molecule has 6 nitrogen and oxygen atoms in total. The number of benzene rings is 2. The van der Waals surface area contributed by atoms with Gasteiger partial charge in [0.1, 0.15) is 6.04 Å². The molecule has 0 spiro atoms. The molecule has 0 saturated heterocycles. The maximum absolute atomic E-state index is 12.5. The maximum atomic E-state index is 12.5. The Hall–Kier alpha value is -2.81. The van der Waals surface area contributed by atoms with Crippen LogP contribution in [0.5, 0.6) is 0 Å². The first-order chi connectivity index (χ1) is 12.2. The maximum Gasteiger partial charge on any atom is 0.341 e. The fourth-order valence-electron chi connectivity index (χ4n) is 2.19. The Balaban J connectivity index is 2.13. The average molecular weight is 383 g/mol. The SMILES string of the molecule is O=C(N[C@H](Cc1ccccc1)C(=O)O)c1ccc(S(=O)(=O)C(F)F)cc1. The number of halogens is 2. The summed E-state index contributed by atoms with van der Waals surface area (Å²) in [5.74, 6) is -5.56. The zero-order chi connectivity index (χ0) is 19.3. The van der Waals surface area contributed by atoms with Crippen molar-refractivity contribution in [1.82, 2.24) is 5.32 Å². The second-order valence-electron chi connectivity index (χ2n) is 5.38. The van der Waals surface area contributed by atoms with Gasteiger partial charge in [-0.1, -0.05) is 30.3 Å². The van der Waals surface area contributed by atoms with Gasteiger partial charge >= 0.3 is 11.7 Å². The van der Waals surface area contributed by atoms with Crippen molar-refractivity contribution in [1.29, 1.82) is 0 Å². The highest BCUT2D eigenvalue weighted by molar-refractivity contribution is 7.91. The Kier molecular flexibility index (Phi) is 6.04. The lowest BCUT2D eigenvalue weighted by Crippen LogP contribution is -2.42. The molecule has 0 radical (unpaired) electrons. The second kappa shape index (κ2) is 8.05. The molecule has 0 aliphatic heterocycles. The molecule has 26 heavy (non-hydrogen) atoms. The number of hydrogen-bond acceptors (Lipinski definition) is 4. The van der Waals surface area contributed by atoms with E-state index in [1.165, 1.54) is 0 Å². The number of carboxylic acid groups (broad SMARTS) is 1. The van der Waals surface area contributed by atoms with Crippen molar-refractivity contribution >= 4 is 21.7 Å². The molecule has 2 aromatic rings. The molecule has 0 aliphatic rings. The van der Waals surface area contributed by atoms with E-state index in [0.29, 0.717) is 5.56 Å². The molecule has 2 N–H and O–H groups in total. The van der Waals surface area contributed by atoms with Crippen molar-refractivity contribution in [3.8, 4) is 0 Å². The molecule has 2 aromatic carbocycles. The number of aliphatic carboxylic acids is 1. The van der Waals surface area contributed by atoms with Crippen LogP contribution in [0.25, 0.3) is 0 Å². The van der Waals surface area contributed by atoms with E-state index in [2.05, 4.69) is 5.32 Å². The van der Waals surface area contributed by atoms with Crippen molar-refractivity contribution in [2.45, 2.75) is 23.1 Å². The van der Waals surface area contributed by atoms with E-state index < -0.39 is 38.4 Å². The Morgan fingerprint density at radius 2 is 1.58 bits per heavy atom. The number of carbonyl (C=O) groups is 2. The molecule has 0 saturated carbocycles. The molecule has 1 amide bonds. The third kappa shape index (κ3) is 4.63. The third-order valence-electron chi connectivity index (χ3n) is 3.57. The molecular weight excluding hydrogens is 368 g/mol. The van der Waals surface area contributed by atoms with E-state index in [-0.39, 0.29) is 12.0 Å². The lowest BCUT2D eigenvalue weighted by atomic mass is 10.1. The van der Waals surface area contributed by atoms with Crippen molar-refractivity contribution in [2.75, 3.05) is 0 Å². The molecule has 1 atom stereocenters. The van der Waals surface area contributed by atoms with Crippen LogP contribution in [0.4, 0.5) is 8.78 Å². The van der Waals surface area contributed by atoms with Crippen LogP contribution in [0.3, 0.4) is 0 Å². The fourth-order valence-corrected chi connectivity index (χ4v) is 2.91. The summed E-state index contributed by atoms with van der Waals surface area (Å²) >= 11 is 0. The number of carboxylic acids is 1. The minimum absolute atomic E-state index is 0.0440. The smallest absolute Gasteiger partial charge is 0.341 e. The van der Waals surface area contributed by atoms with Crippen LogP contribution in [-0.2, 0) is 21.1 Å². The normalized spacial score (nSPS) is 12.6. The highest BCUT2D eigenvalue weighted by Crippen LogP contribution is 2.18. The van der Waals surface area contributed by atoms with Crippen molar-refractivity contribution in [3.63, 3.8) is 0 Å². The summed E-state index contributed by atoms with van der Waals surface area (Å²) in [6.07, 6.45) is 0.0553. The van der Waals surface area contributed by atoms with Gasteiger partial charge in [0.15, 0.2) is 0 Å². The molecule has 0 aliphatic carbocycles. The Morgan fingerprint density at radius 3 is 2.08 bits per heavy atom. The van der Waals surface area contributed by atoms with Gasteiger partial charge in [-0.2, -0.15) is 8.78 Å². The van der Waals surface area contributed by atoms with Crippen molar-refractivity contribution in [2.24, 2.45) is 0 Å². The van der Waals surface area contributed by atoms with Crippen LogP contribution in [0.15, 0.2) is 59.5 Å². The predicted octanol–water partition coefficient (Wildman–Crippen LogP) is 2.11. The Labute approximate surface area is 148 Å². The van der Waals surface area contributed by atoms with Gasteiger partial charge in [0.2, 0.25) is 9.84 Å². The van der Waals surface area contributed by atoms with E-state index in [0.717, 1.165) is 24.3 Å². The first-order valence-electron chi connectivity index (χ1n) is 7.41. The summed E-state index contributed by atoms with van der Waals surface area (Å²) in [5.41, 5.74) is 0.663. The van der Waals surface area contributed by atoms with E-state index >= 15 is 0 Å². The molecule has 138 valence electrons. The number of nitrogens with one attached hydrogen (secondary N) is 1. The number of amides is 1. The number of sulfone groups is 1. The standard InChI is InChI=1S/C17H15F2NO5S/c18-17(19)26(24,25)13-8-6-12(7-9-13)15(21)20-14(16(22)23)10-11-4-2-1-3-5-11/h1-9,14,17H,10H2,(H,20,21)(H,22,23)/t14-/m1/s1. The molecule has 9 heteroatoms. The van der Waals surface area contributed by atoms with Gasteiger partial charge in [-0.25, -0.2) is 13.2 Å². The summed E-state index contributed by atoms with van der Waals surface area (Å²) in [6.45, 7) is 0. The Morgan fingerprint density at radius 1 is 1.00 bits per heavy atom. The second-order valence-corrected chi connectivity index (χ2v) is 7.30. The minimum atomic E-state index is -4.76. The number of alkyl halides is 2. The molecule has 0 unspecified atom stereocenters. The van der Waals surface area contributed by atoms with Crippen LogP contribution < -0.4 is 5.32 Å². The van der Waals surface area contributed by atoms with Crippen LogP contribution in [0.2, 0.25) is 0 Å². The lowest BCUT2D eigenvalue weighted by molar-refractivity contribution is -0.139. The van der Waals surface area contributed by atoms with Crippen LogP contribution in [-0.4, -0.2) is 37.2 Å². The summed E-state index contributed by atoms with van der Waals surface area (Å²) in [7, 11) is -4.76. The van der Waals surface area contributed by atoms with Crippen LogP contribution >= 0.6 is 0 Å². The zero-order valence-corrected chi connectivity index (χ0v) is 14.1. The van der Waals surface area contributed by atoms with Gasteiger partial charge in [-0.15, -0.1) is 0 Å². The highest BCUT2D eigenvalue weighted by Gasteiger charge is 2.27. The van der Waals surface area contributed by atoms with Gasteiger partial charge in [-0.05, 0) is 29.8 Å². The first kappa shape index (κ1) is 19.5. The number of rotatable bonds is 7. The van der Waals surface area contributed by atoms with E-state index in [1.807, 2.05) is 0 Å². The monoisotopic (exact) mass is 383 g/mol. The zero-order valence-electron chi connectivity index (χ0n) is 13.3. The molecule has 0 fully saturated rings. The largest absolute Gasteiger partial charge is 0.480 e. The summed E-state index contributed by atoms with van der Waals surface area (Å²) in [5, 5.41) is 11.6. The molecule has 0 heterocycles. The van der Waals surface area contributed by atoms with Crippen LogP contribution in [0.1, 0.15) is 15.9 Å². The molecule has 0 aromatic heterocycles. The Bertz CT molecular complexity index is 883. The van der Waals surface area contributed by atoms with Crippen LogP contribution in [0, 0.1) is 0 Å². The van der Waals surface area contributed by atoms with E-state index in [9.17, 15) is 31.9 Å². The van der Waals surface area contributed by atoms with Gasteiger partial charge in [-0.3, -0.25) is 4.79 Å². The fraction of sp³-hybridized carbons (Fsp3) is 0.176. The number of carbonyl (C=O) groups excluding carboxylic acids is 1. The van der Waals surface area contributed by atoms with Crippen molar-refractivity contribution in [3.05, 3.63) is 65.7 Å². The van der Waals surface area contributed by atoms with Gasteiger partial charge < -0.3 is 10.4 Å². The van der Waals surface area contributed by atoms with Gasteiger partial charge in [0, 0.05) is 12.0 Å². The number of hydrogen-bond donors (Lipinski definition) is 2. The van der Waals surface area contributed by atoms with Crippen molar-refractivity contribution < 1.29 is 31.9 Å². The predicted molar refractivity (Wildman–Crippen MR) is 88.7 cm³/mol.